The van der Waals surface area contributed by atoms with E-state index in [0.29, 0.717) is 11.4 Å². The zero-order chi connectivity index (χ0) is 16.4. The minimum Gasteiger partial charge on any atom is -0.496 e. The molecule has 23 heavy (non-hydrogen) atoms. The fraction of sp³-hybridized carbons (Fsp3) is 0.312. The average Bonchev–Trinajstić information content (AvgIpc) is 2.98. The Balaban J connectivity index is 1.83. The number of hydrogen-bond donors (Lipinski definition) is 2. The van der Waals surface area contributed by atoms with Gasteiger partial charge in [0.1, 0.15) is 22.8 Å². The van der Waals surface area contributed by atoms with Gasteiger partial charge in [-0.3, -0.25) is 4.79 Å². The van der Waals surface area contributed by atoms with E-state index in [0.717, 1.165) is 31.6 Å². The number of hydrogen-bond acceptors (Lipinski definition) is 4. The Labute approximate surface area is 132 Å². The first-order valence-electron chi connectivity index (χ1n) is 7.37. The van der Waals surface area contributed by atoms with Crippen LogP contribution in [0.2, 0.25) is 0 Å². The molecule has 1 amide bonds. The van der Waals surface area contributed by atoms with Crippen molar-refractivity contribution in [2.24, 2.45) is 0 Å². The lowest BCUT2D eigenvalue weighted by molar-refractivity contribution is 0.0693. The van der Waals surface area contributed by atoms with Crippen LogP contribution in [-0.4, -0.2) is 33.6 Å². The van der Waals surface area contributed by atoms with Crippen LogP contribution in [0.4, 0.5) is 5.69 Å². The van der Waals surface area contributed by atoms with Crippen molar-refractivity contribution < 1.29 is 19.4 Å². The summed E-state index contributed by atoms with van der Waals surface area (Å²) in [6.07, 6.45) is 4.59. The summed E-state index contributed by atoms with van der Waals surface area (Å²) < 4.78 is 6.99. The molecule has 3 rings (SSSR count). The van der Waals surface area contributed by atoms with Crippen molar-refractivity contribution in [3.8, 4) is 5.75 Å². The van der Waals surface area contributed by atoms with Crippen molar-refractivity contribution in [1.82, 2.24) is 9.55 Å². The van der Waals surface area contributed by atoms with Crippen molar-refractivity contribution in [1.29, 1.82) is 0 Å². The van der Waals surface area contributed by atoms with Gasteiger partial charge in [0.05, 0.1) is 13.3 Å². The SMILES string of the molecule is COc1cc(NC(=O)c2cnc3n2CCCC3)ccc1C(=O)O. The second kappa shape index (κ2) is 6.12. The summed E-state index contributed by atoms with van der Waals surface area (Å²) in [5.41, 5.74) is 1.04. The predicted molar refractivity (Wildman–Crippen MR) is 83.1 cm³/mol. The highest BCUT2D eigenvalue weighted by atomic mass is 16.5. The average molecular weight is 315 g/mol. The van der Waals surface area contributed by atoms with E-state index in [9.17, 15) is 9.59 Å². The summed E-state index contributed by atoms with van der Waals surface area (Å²) in [5, 5.41) is 11.8. The molecular weight excluding hydrogens is 298 g/mol. The number of aromatic nitrogens is 2. The summed E-state index contributed by atoms with van der Waals surface area (Å²) in [7, 11) is 1.39. The monoisotopic (exact) mass is 315 g/mol. The molecule has 7 nitrogen and oxygen atoms in total. The zero-order valence-electron chi connectivity index (χ0n) is 12.7. The van der Waals surface area contributed by atoms with Gasteiger partial charge in [-0.2, -0.15) is 0 Å². The Kier molecular flexibility index (Phi) is 4.01. The first-order valence-corrected chi connectivity index (χ1v) is 7.37. The van der Waals surface area contributed by atoms with Crippen molar-refractivity contribution in [2.45, 2.75) is 25.8 Å². The zero-order valence-corrected chi connectivity index (χ0v) is 12.7. The number of ether oxygens (including phenoxy) is 1. The molecule has 0 spiro atoms. The molecule has 2 heterocycles. The number of benzene rings is 1. The van der Waals surface area contributed by atoms with Gasteiger partial charge < -0.3 is 19.7 Å². The number of aryl methyl sites for hydroxylation is 1. The summed E-state index contributed by atoms with van der Waals surface area (Å²) in [5.74, 6) is -0.216. The number of amides is 1. The van der Waals surface area contributed by atoms with Crippen molar-refractivity contribution in [3.05, 3.63) is 41.5 Å². The van der Waals surface area contributed by atoms with Crippen LogP contribution in [-0.2, 0) is 13.0 Å². The summed E-state index contributed by atoms with van der Waals surface area (Å²) in [4.78, 5) is 27.8. The Morgan fingerprint density at radius 2 is 2.17 bits per heavy atom. The molecule has 1 aliphatic heterocycles. The van der Waals surface area contributed by atoms with E-state index in [1.165, 1.54) is 25.3 Å². The quantitative estimate of drug-likeness (QED) is 0.902. The molecule has 0 unspecified atom stereocenters. The van der Waals surface area contributed by atoms with Crippen LogP contribution in [0.3, 0.4) is 0 Å². The highest BCUT2D eigenvalue weighted by molar-refractivity contribution is 6.03. The first kappa shape index (κ1) is 15.1. The molecule has 0 bridgehead atoms. The Bertz CT molecular complexity index is 767. The molecule has 0 radical (unpaired) electrons. The Morgan fingerprint density at radius 1 is 1.35 bits per heavy atom. The van der Waals surface area contributed by atoms with Gasteiger partial charge in [-0.1, -0.05) is 0 Å². The molecule has 2 aromatic rings. The number of carbonyl (C=O) groups is 2. The van der Waals surface area contributed by atoms with E-state index in [4.69, 9.17) is 9.84 Å². The second-order valence-corrected chi connectivity index (χ2v) is 5.34. The molecule has 0 atom stereocenters. The number of carbonyl (C=O) groups excluding carboxylic acids is 1. The lowest BCUT2D eigenvalue weighted by atomic mass is 10.1. The number of nitrogens with zero attached hydrogens (tertiary/aromatic N) is 2. The molecule has 7 heteroatoms. The highest BCUT2D eigenvalue weighted by Crippen LogP contribution is 2.24. The largest absolute Gasteiger partial charge is 0.496 e. The highest BCUT2D eigenvalue weighted by Gasteiger charge is 2.19. The van der Waals surface area contributed by atoms with Gasteiger partial charge in [-0.15, -0.1) is 0 Å². The Morgan fingerprint density at radius 3 is 2.91 bits per heavy atom. The van der Waals surface area contributed by atoms with E-state index in [2.05, 4.69) is 10.3 Å². The van der Waals surface area contributed by atoms with Crippen LogP contribution in [0.15, 0.2) is 24.4 Å². The molecular formula is C16H17N3O4. The summed E-state index contributed by atoms with van der Waals surface area (Å²) in [6.45, 7) is 0.791. The van der Waals surface area contributed by atoms with E-state index in [-0.39, 0.29) is 17.2 Å². The summed E-state index contributed by atoms with van der Waals surface area (Å²) >= 11 is 0. The van der Waals surface area contributed by atoms with E-state index in [1.54, 1.807) is 6.20 Å². The van der Waals surface area contributed by atoms with Crippen LogP contribution in [0.5, 0.6) is 5.75 Å². The standard InChI is InChI=1S/C16H17N3O4/c1-23-13-8-10(5-6-11(13)16(21)22)18-15(20)12-9-17-14-4-2-3-7-19(12)14/h5-6,8-9H,2-4,7H2,1H3,(H,18,20)(H,21,22). The minimum absolute atomic E-state index is 0.0484. The van der Waals surface area contributed by atoms with Gasteiger partial charge in [0.15, 0.2) is 0 Å². The predicted octanol–water partition coefficient (Wildman–Crippen LogP) is 2.18. The van der Waals surface area contributed by atoms with Gasteiger partial charge in [0.25, 0.3) is 5.91 Å². The molecule has 1 aromatic heterocycles. The lowest BCUT2D eigenvalue weighted by Crippen LogP contribution is -2.20. The fourth-order valence-electron chi connectivity index (χ4n) is 2.74. The molecule has 120 valence electrons. The van der Waals surface area contributed by atoms with Gasteiger partial charge in [0, 0.05) is 24.7 Å². The van der Waals surface area contributed by atoms with E-state index >= 15 is 0 Å². The second-order valence-electron chi connectivity index (χ2n) is 5.34. The van der Waals surface area contributed by atoms with Crippen molar-refractivity contribution in [2.75, 3.05) is 12.4 Å². The van der Waals surface area contributed by atoms with Gasteiger partial charge in [-0.25, -0.2) is 9.78 Å². The van der Waals surface area contributed by atoms with Crippen molar-refractivity contribution >= 4 is 17.6 Å². The van der Waals surface area contributed by atoms with Crippen LogP contribution < -0.4 is 10.1 Å². The third-order valence-electron chi connectivity index (χ3n) is 3.89. The Hall–Kier alpha value is -2.83. The van der Waals surface area contributed by atoms with Gasteiger partial charge in [-0.05, 0) is 25.0 Å². The number of nitrogens with one attached hydrogen (secondary N) is 1. The number of anilines is 1. The topological polar surface area (TPSA) is 93.5 Å². The summed E-state index contributed by atoms with van der Waals surface area (Å²) in [6, 6.07) is 4.44. The normalized spacial score (nSPS) is 13.3. The smallest absolute Gasteiger partial charge is 0.339 e. The molecule has 0 saturated heterocycles. The van der Waals surface area contributed by atoms with Gasteiger partial charge >= 0.3 is 5.97 Å². The first-order chi connectivity index (χ1) is 11.1. The fourth-order valence-corrected chi connectivity index (χ4v) is 2.74. The number of fused-ring (bicyclic) bond motifs is 1. The number of carboxylic acids is 1. The minimum atomic E-state index is -1.08. The number of carboxylic acid groups (broad SMARTS) is 1. The lowest BCUT2D eigenvalue weighted by Gasteiger charge is -2.16. The molecule has 2 N–H and O–H groups in total. The molecule has 0 fully saturated rings. The maximum absolute atomic E-state index is 12.4. The molecule has 0 saturated carbocycles. The van der Waals surface area contributed by atoms with Crippen LogP contribution in [0, 0.1) is 0 Å². The number of aromatic carboxylic acids is 1. The van der Waals surface area contributed by atoms with Crippen LogP contribution in [0.25, 0.3) is 0 Å². The third-order valence-corrected chi connectivity index (χ3v) is 3.89. The van der Waals surface area contributed by atoms with Gasteiger partial charge in [0.2, 0.25) is 0 Å². The van der Waals surface area contributed by atoms with Crippen LogP contribution >= 0.6 is 0 Å². The number of imidazole rings is 1. The van der Waals surface area contributed by atoms with E-state index in [1.807, 2.05) is 4.57 Å². The molecule has 1 aromatic carbocycles. The van der Waals surface area contributed by atoms with E-state index < -0.39 is 5.97 Å². The third kappa shape index (κ3) is 2.90. The van der Waals surface area contributed by atoms with Crippen molar-refractivity contribution in [3.63, 3.8) is 0 Å². The number of rotatable bonds is 4. The molecule has 1 aliphatic rings. The van der Waals surface area contributed by atoms with Crippen LogP contribution in [0.1, 0.15) is 39.5 Å². The maximum atomic E-state index is 12.4. The maximum Gasteiger partial charge on any atom is 0.339 e. The molecule has 0 aliphatic carbocycles. The number of methoxy groups -OCH3 is 1.